The normalized spacial score (nSPS) is 33.9. The van der Waals surface area contributed by atoms with E-state index in [2.05, 4.69) is 26.0 Å². The summed E-state index contributed by atoms with van der Waals surface area (Å²) in [5.41, 5.74) is 8.02. The summed E-state index contributed by atoms with van der Waals surface area (Å²) in [6, 6.07) is -1.45. The van der Waals surface area contributed by atoms with E-state index in [0.29, 0.717) is 0 Å². The number of alkyl halides is 2. The molecule has 2 atom stereocenters. The molecular formula is C6H4BrF2N3. The number of azide groups is 1. The number of hydrogen-bond acceptors (Lipinski definition) is 1. The molecule has 3 nitrogen and oxygen atoms in total. The highest BCUT2D eigenvalue weighted by Crippen LogP contribution is 2.36. The molecule has 0 bridgehead atoms. The van der Waals surface area contributed by atoms with Crippen LogP contribution in [0.5, 0.6) is 0 Å². The van der Waals surface area contributed by atoms with E-state index in [9.17, 15) is 8.78 Å². The number of hydrogen-bond donors (Lipinski definition) is 0. The second-order valence-corrected chi connectivity index (χ2v) is 3.41. The summed E-state index contributed by atoms with van der Waals surface area (Å²) in [6.45, 7) is 0. The average Bonchev–Trinajstić information content (AvgIpc) is 1.97. The molecule has 0 aliphatic heterocycles. The van der Waals surface area contributed by atoms with Gasteiger partial charge in [-0.3, -0.25) is 0 Å². The zero-order valence-corrected chi connectivity index (χ0v) is 7.37. The Morgan fingerprint density at radius 3 is 2.92 bits per heavy atom. The van der Waals surface area contributed by atoms with Crippen molar-refractivity contribution in [2.24, 2.45) is 5.11 Å². The van der Waals surface area contributed by atoms with Crippen molar-refractivity contribution in [1.29, 1.82) is 0 Å². The van der Waals surface area contributed by atoms with Gasteiger partial charge in [0.2, 0.25) is 0 Å². The van der Waals surface area contributed by atoms with Crippen LogP contribution in [0.2, 0.25) is 0 Å². The standard InChI is InChI=1S/C6H4BrF2N3/c7-6(9)3-1-2-4(8)5(6)11-12-10/h1-3,5H/t5-,6?/m0/s1. The van der Waals surface area contributed by atoms with E-state index in [4.69, 9.17) is 5.53 Å². The van der Waals surface area contributed by atoms with Crippen LogP contribution in [0.1, 0.15) is 0 Å². The molecule has 0 aromatic carbocycles. The molecule has 0 heterocycles. The van der Waals surface area contributed by atoms with Gasteiger partial charge in [0, 0.05) is 4.91 Å². The van der Waals surface area contributed by atoms with Gasteiger partial charge in [0.1, 0.15) is 11.9 Å². The van der Waals surface area contributed by atoms with Gasteiger partial charge in [-0.15, -0.1) is 0 Å². The Labute approximate surface area is 75.5 Å². The Balaban J connectivity index is 3.02. The fourth-order valence-electron chi connectivity index (χ4n) is 0.818. The molecule has 1 unspecified atom stereocenters. The fraction of sp³-hybridized carbons (Fsp3) is 0.333. The number of rotatable bonds is 1. The molecule has 0 saturated heterocycles. The van der Waals surface area contributed by atoms with Gasteiger partial charge in [-0.05, 0) is 33.6 Å². The van der Waals surface area contributed by atoms with E-state index < -0.39 is 16.4 Å². The second-order valence-electron chi connectivity index (χ2n) is 2.19. The summed E-state index contributed by atoms with van der Waals surface area (Å²) in [7, 11) is 0. The summed E-state index contributed by atoms with van der Waals surface area (Å²) in [6.07, 6.45) is 3.35. The molecule has 0 N–H and O–H groups in total. The summed E-state index contributed by atoms with van der Waals surface area (Å²) in [4.78, 5) is 2.35. The van der Waals surface area contributed by atoms with Gasteiger partial charge in [0.05, 0.1) is 0 Å². The van der Waals surface area contributed by atoms with Crippen molar-refractivity contribution in [2.75, 3.05) is 0 Å². The van der Waals surface area contributed by atoms with Crippen molar-refractivity contribution in [2.45, 2.75) is 10.6 Å². The van der Waals surface area contributed by atoms with Crippen LogP contribution in [0.3, 0.4) is 0 Å². The Bertz CT molecular complexity index is 291. The van der Waals surface area contributed by atoms with Gasteiger partial charge in [0.25, 0.3) is 0 Å². The van der Waals surface area contributed by atoms with Crippen LogP contribution in [-0.4, -0.2) is 10.6 Å². The predicted octanol–water partition coefficient (Wildman–Crippen LogP) is 3.15. The third kappa shape index (κ3) is 1.65. The molecule has 1 aliphatic carbocycles. The summed E-state index contributed by atoms with van der Waals surface area (Å²) >= 11 is 2.60. The smallest absolute Gasteiger partial charge is 0.198 e. The minimum absolute atomic E-state index is 0.797. The van der Waals surface area contributed by atoms with Crippen molar-refractivity contribution < 1.29 is 8.78 Å². The van der Waals surface area contributed by atoms with Gasteiger partial charge in [-0.2, -0.15) is 0 Å². The molecule has 0 spiro atoms. The van der Waals surface area contributed by atoms with Crippen molar-refractivity contribution in [3.8, 4) is 0 Å². The zero-order chi connectivity index (χ0) is 9.19. The first-order chi connectivity index (χ1) is 5.58. The zero-order valence-electron chi connectivity index (χ0n) is 5.78. The van der Waals surface area contributed by atoms with Crippen LogP contribution in [0, 0.1) is 0 Å². The molecule has 0 aromatic heterocycles. The molecule has 0 aromatic rings. The molecule has 64 valence electrons. The Hall–Kier alpha value is -0.870. The monoisotopic (exact) mass is 235 g/mol. The van der Waals surface area contributed by atoms with Crippen LogP contribution in [0.25, 0.3) is 10.4 Å². The minimum atomic E-state index is -2.11. The van der Waals surface area contributed by atoms with Crippen molar-refractivity contribution in [1.82, 2.24) is 0 Å². The van der Waals surface area contributed by atoms with Crippen LogP contribution >= 0.6 is 15.9 Å². The van der Waals surface area contributed by atoms with Crippen LogP contribution in [0.15, 0.2) is 29.2 Å². The molecule has 0 amide bonds. The first-order valence-electron chi connectivity index (χ1n) is 3.05. The highest BCUT2D eigenvalue weighted by atomic mass is 79.9. The maximum atomic E-state index is 13.3. The third-order valence-corrected chi connectivity index (χ3v) is 2.06. The molecule has 12 heavy (non-hydrogen) atoms. The molecule has 1 rings (SSSR count). The molecule has 1 aliphatic rings. The number of halogens is 3. The van der Waals surface area contributed by atoms with Crippen LogP contribution in [-0.2, 0) is 0 Å². The lowest BCUT2D eigenvalue weighted by Crippen LogP contribution is -2.29. The number of nitrogens with zero attached hydrogens (tertiary/aromatic N) is 3. The summed E-state index contributed by atoms with van der Waals surface area (Å²) in [5.74, 6) is -0.797. The van der Waals surface area contributed by atoms with E-state index in [1.165, 1.54) is 6.08 Å². The summed E-state index contributed by atoms with van der Waals surface area (Å²) in [5, 5.41) is 2.98. The van der Waals surface area contributed by atoms with E-state index in [0.717, 1.165) is 12.2 Å². The van der Waals surface area contributed by atoms with E-state index in [1.807, 2.05) is 0 Å². The molecule has 0 fully saturated rings. The third-order valence-electron chi connectivity index (χ3n) is 1.37. The predicted molar refractivity (Wildman–Crippen MR) is 44.0 cm³/mol. The van der Waals surface area contributed by atoms with Gasteiger partial charge >= 0.3 is 0 Å². The largest absolute Gasteiger partial charge is 0.226 e. The highest BCUT2D eigenvalue weighted by Gasteiger charge is 2.38. The first kappa shape index (κ1) is 9.22. The van der Waals surface area contributed by atoms with Gasteiger partial charge in [0.15, 0.2) is 4.58 Å². The average molecular weight is 236 g/mol. The Morgan fingerprint density at radius 2 is 2.42 bits per heavy atom. The lowest BCUT2D eigenvalue weighted by atomic mass is 10.1. The van der Waals surface area contributed by atoms with Crippen LogP contribution in [0.4, 0.5) is 8.78 Å². The van der Waals surface area contributed by atoms with Crippen LogP contribution < -0.4 is 0 Å². The minimum Gasteiger partial charge on any atom is -0.226 e. The lowest BCUT2D eigenvalue weighted by molar-refractivity contribution is 0.301. The van der Waals surface area contributed by atoms with E-state index >= 15 is 0 Å². The maximum absolute atomic E-state index is 13.3. The van der Waals surface area contributed by atoms with Gasteiger partial charge in [-0.25, -0.2) is 8.78 Å². The maximum Gasteiger partial charge on any atom is 0.198 e. The SMILES string of the molecule is [N-]=[N+]=N[C@H]1C(F)=CC=CC1(F)Br. The van der Waals surface area contributed by atoms with Gasteiger partial charge < -0.3 is 0 Å². The second kappa shape index (κ2) is 3.25. The highest BCUT2D eigenvalue weighted by molar-refractivity contribution is 9.10. The van der Waals surface area contributed by atoms with Crippen molar-refractivity contribution in [3.63, 3.8) is 0 Å². The number of allylic oxidation sites excluding steroid dienone is 2. The van der Waals surface area contributed by atoms with Crippen molar-refractivity contribution >= 4 is 15.9 Å². The molecular weight excluding hydrogens is 232 g/mol. The topological polar surface area (TPSA) is 48.8 Å². The summed E-state index contributed by atoms with van der Waals surface area (Å²) < 4.78 is 23.9. The van der Waals surface area contributed by atoms with E-state index in [1.54, 1.807) is 0 Å². The quantitative estimate of drug-likeness (QED) is 0.290. The molecule has 0 saturated carbocycles. The van der Waals surface area contributed by atoms with Crippen molar-refractivity contribution in [3.05, 3.63) is 34.5 Å². The van der Waals surface area contributed by atoms with Gasteiger partial charge in [-0.1, -0.05) is 11.2 Å². The lowest BCUT2D eigenvalue weighted by Gasteiger charge is -2.22. The first-order valence-corrected chi connectivity index (χ1v) is 3.84. The fourth-order valence-corrected chi connectivity index (χ4v) is 1.28. The molecule has 6 heteroatoms. The Morgan fingerprint density at radius 1 is 1.75 bits per heavy atom. The Kier molecular flexibility index (Phi) is 2.49. The molecule has 0 radical (unpaired) electrons. The van der Waals surface area contributed by atoms with E-state index in [-0.39, 0.29) is 0 Å².